The lowest BCUT2D eigenvalue weighted by Crippen LogP contribution is -2.30. The van der Waals surface area contributed by atoms with E-state index in [0.717, 1.165) is 5.75 Å². The highest BCUT2D eigenvalue weighted by atomic mass is 32.1. The van der Waals surface area contributed by atoms with Crippen molar-refractivity contribution in [2.24, 2.45) is 10.8 Å². The van der Waals surface area contributed by atoms with Crippen molar-refractivity contribution in [3.63, 3.8) is 0 Å². The van der Waals surface area contributed by atoms with Crippen molar-refractivity contribution >= 4 is 12.6 Å². The summed E-state index contributed by atoms with van der Waals surface area (Å²) in [4.78, 5) is 0. The van der Waals surface area contributed by atoms with E-state index in [9.17, 15) is 0 Å². The van der Waals surface area contributed by atoms with Gasteiger partial charge in [-0.1, -0.05) is 65.8 Å². The summed E-state index contributed by atoms with van der Waals surface area (Å²) in [5, 5.41) is 0. The van der Waals surface area contributed by atoms with Crippen LogP contribution >= 0.6 is 12.6 Å². The SMILES string of the molecule is CC(C)(C)C(c1ccc(CS)cc1)C(C)(C)C. The Kier molecular flexibility index (Phi) is 4.35. The largest absolute Gasteiger partial charge is 0.175 e. The number of rotatable bonds is 2. The summed E-state index contributed by atoms with van der Waals surface area (Å²) in [6.45, 7) is 14.0. The Balaban J connectivity index is 3.14. The predicted molar refractivity (Wildman–Crippen MR) is 80.8 cm³/mol. The molecule has 0 spiro atoms. The molecular weight excluding hydrogens is 224 g/mol. The van der Waals surface area contributed by atoms with Crippen LogP contribution in [0.2, 0.25) is 0 Å². The average molecular weight is 250 g/mol. The average Bonchev–Trinajstić information content (AvgIpc) is 2.14. The molecule has 0 heterocycles. The smallest absolute Gasteiger partial charge is 0.0154 e. The van der Waals surface area contributed by atoms with Crippen molar-refractivity contribution < 1.29 is 0 Å². The topological polar surface area (TPSA) is 0 Å². The third-order valence-electron chi connectivity index (χ3n) is 3.23. The van der Waals surface area contributed by atoms with Crippen molar-refractivity contribution in [1.82, 2.24) is 0 Å². The lowest BCUT2D eigenvalue weighted by molar-refractivity contribution is 0.176. The number of thiol groups is 1. The zero-order valence-corrected chi connectivity index (χ0v) is 12.9. The van der Waals surface area contributed by atoms with Gasteiger partial charge in [0.25, 0.3) is 0 Å². The number of benzene rings is 1. The van der Waals surface area contributed by atoms with Gasteiger partial charge in [-0.15, -0.1) is 0 Å². The van der Waals surface area contributed by atoms with Crippen molar-refractivity contribution in [1.29, 1.82) is 0 Å². The number of hydrogen-bond acceptors (Lipinski definition) is 1. The minimum Gasteiger partial charge on any atom is -0.175 e. The Morgan fingerprint density at radius 2 is 1.29 bits per heavy atom. The van der Waals surface area contributed by atoms with Crippen LogP contribution < -0.4 is 0 Å². The molecule has 0 atom stereocenters. The van der Waals surface area contributed by atoms with E-state index < -0.39 is 0 Å². The zero-order chi connectivity index (χ0) is 13.3. The summed E-state index contributed by atoms with van der Waals surface area (Å²) in [6, 6.07) is 8.94. The second-order valence-electron chi connectivity index (χ2n) is 7.06. The zero-order valence-electron chi connectivity index (χ0n) is 12.0. The summed E-state index contributed by atoms with van der Waals surface area (Å²) >= 11 is 4.31. The molecule has 0 aliphatic rings. The molecule has 0 amide bonds. The van der Waals surface area contributed by atoms with Gasteiger partial charge in [-0.3, -0.25) is 0 Å². The molecule has 96 valence electrons. The lowest BCUT2D eigenvalue weighted by Gasteiger charge is -2.41. The molecule has 1 aromatic carbocycles. The van der Waals surface area contributed by atoms with Crippen LogP contribution in [0.4, 0.5) is 0 Å². The maximum Gasteiger partial charge on any atom is 0.0154 e. The molecule has 0 saturated heterocycles. The fourth-order valence-corrected chi connectivity index (χ4v) is 3.33. The van der Waals surface area contributed by atoms with E-state index in [0.29, 0.717) is 5.92 Å². The van der Waals surface area contributed by atoms with Gasteiger partial charge in [-0.2, -0.15) is 12.6 Å². The summed E-state index contributed by atoms with van der Waals surface area (Å²) in [6.07, 6.45) is 0. The molecule has 0 unspecified atom stereocenters. The highest BCUT2D eigenvalue weighted by molar-refractivity contribution is 7.79. The van der Waals surface area contributed by atoms with E-state index in [-0.39, 0.29) is 10.8 Å². The third-order valence-corrected chi connectivity index (χ3v) is 3.59. The molecular formula is C16H26S. The van der Waals surface area contributed by atoms with Gasteiger partial charge in [0.05, 0.1) is 0 Å². The van der Waals surface area contributed by atoms with E-state index in [4.69, 9.17) is 0 Å². The number of hydrogen-bond donors (Lipinski definition) is 1. The van der Waals surface area contributed by atoms with Gasteiger partial charge in [0.1, 0.15) is 0 Å². The van der Waals surface area contributed by atoms with Crippen molar-refractivity contribution in [2.75, 3.05) is 0 Å². The maximum atomic E-state index is 4.31. The van der Waals surface area contributed by atoms with E-state index in [1.807, 2.05) is 0 Å². The molecule has 0 radical (unpaired) electrons. The molecule has 17 heavy (non-hydrogen) atoms. The summed E-state index contributed by atoms with van der Waals surface area (Å²) in [5.41, 5.74) is 3.29. The molecule has 0 fully saturated rings. The van der Waals surface area contributed by atoms with Crippen LogP contribution in [0.3, 0.4) is 0 Å². The van der Waals surface area contributed by atoms with Crippen molar-refractivity contribution in [3.8, 4) is 0 Å². The molecule has 1 aromatic rings. The van der Waals surface area contributed by atoms with Gasteiger partial charge < -0.3 is 0 Å². The van der Waals surface area contributed by atoms with E-state index >= 15 is 0 Å². The summed E-state index contributed by atoms with van der Waals surface area (Å²) < 4.78 is 0. The fourth-order valence-electron chi connectivity index (χ4n) is 3.11. The van der Waals surface area contributed by atoms with Crippen LogP contribution in [0.15, 0.2) is 24.3 Å². The Bertz CT molecular complexity index is 335. The molecule has 0 saturated carbocycles. The maximum absolute atomic E-state index is 4.31. The Morgan fingerprint density at radius 1 is 0.882 bits per heavy atom. The second kappa shape index (κ2) is 5.06. The van der Waals surface area contributed by atoms with Gasteiger partial charge in [0.2, 0.25) is 0 Å². The van der Waals surface area contributed by atoms with Crippen LogP contribution in [0, 0.1) is 10.8 Å². The van der Waals surface area contributed by atoms with Gasteiger partial charge in [-0.05, 0) is 27.9 Å². The van der Waals surface area contributed by atoms with Gasteiger partial charge in [0.15, 0.2) is 0 Å². The summed E-state index contributed by atoms with van der Waals surface area (Å²) in [5.74, 6) is 1.37. The first-order valence-corrected chi connectivity index (χ1v) is 6.99. The minimum atomic E-state index is 0.279. The van der Waals surface area contributed by atoms with Crippen LogP contribution in [0.25, 0.3) is 0 Å². The molecule has 0 N–H and O–H groups in total. The first kappa shape index (κ1) is 14.6. The molecule has 1 rings (SSSR count). The standard InChI is InChI=1S/C16H26S/c1-15(2,3)14(16(4,5)6)13-9-7-12(11-17)8-10-13/h7-10,14,17H,11H2,1-6H3. The summed E-state index contributed by atoms with van der Waals surface area (Å²) in [7, 11) is 0. The molecule has 0 aromatic heterocycles. The quantitative estimate of drug-likeness (QED) is 0.677. The van der Waals surface area contributed by atoms with Gasteiger partial charge >= 0.3 is 0 Å². The van der Waals surface area contributed by atoms with Gasteiger partial charge in [-0.25, -0.2) is 0 Å². The minimum absolute atomic E-state index is 0.279. The first-order chi connectivity index (χ1) is 7.66. The predicted octanol–water partition coefficient (Wildman–Crippen LogP) is 5.29. The van der Waals surface area contributed by atoms with Crippen LogP contribution in [-0.2, 0) is 5.75 Å². The molecule has 0 nitrogen and oxygen atoms in total. The lowest BCUT2D eigenvalue weighted by atomic mass is 9.63. The Labute approximate surface area is 112 Å². The van der Waals surface area contributed by atoms with Crippen LogP contribution in [0.5, 0.6) is 0 Å². The van der Waals surface area contributed by atoms with Gasteiger partial charge in [0, 0.05) is 5.75 Å². The molecule has 0 aliphatic carbocycles. The highest BCUT2D eigenvalue weighted by Crippen LogP contribution is 2.47. The van der Waals surface area contributed by atoms with Crippen molar-refractivity contribution in [3.05, 3.63) is 35.4 Å². The normalized spacial score (nSPS) is 13.2. The van der Waals surface area contributed by atoms with Crippen LogP contribution in [-0.4, -0.2) is 0 Å². The molecule has 0 aliphatic heterocycles. The Hall–Kier alpha value is -0.430. The highest BCUT2D eigenvalue weighted by Gasteiger charge is 2.35. The molecule has 1 heteroatoms. The second-order valence-corrected chi connectivity index (χ2v) is 7.38. The van der Waals surface area contributed by atoms with E-state index in [2.05, 4.69) is 78.4 Å². The van der Waals surface area contributed by atoms with Crippen LogP contribution in [0.1, 0.15) is 58.6 Å². The fraction of sp³-hybridized carbons (Fsp3) is 0.625. The van der Waals surface area contributed by atoms with Crippen molar-refractivity contribution in [2.45, 2.75) is 53.2 Å². The monoisotopic (exact) mass is 250 g/mol. The van der Waals surface area contributed by atoms with E-state index in [1.165, 1.54) is 11.1 Å². The first-order valence-electron chi connectivity index (χ1n) is 6.36. The van der Waals surface area contributed by atoms with E-state index in [1.54, 1.807) is 0 Å². The Morgan fingerprint density at radius 3 is 1.59 bits per heavy atom. The third kappa shape index (κ3) is 3.77. The molecule has 0 bridgehead atoms.